The summed E-state index contributed by atoms with van der Waals surface area (Å²) < 4.78 is 0. The van der Waals surface area contributed by atoms with Crippen molar-refractivity contribution in [3.63, 3.8) is 0 Å². The molecule has 2 rings (SSSR count). The third-order valence-corrected chi connectivity index (χ3v) is 3.37. The number of imide groups is 1. The molecule has 5 nitrogen and oxygen atoms in total. The van der Waals surface area contributed by atoms with Crippen molar-refractivity contribution in [3.8, 4) is 0 Å². The normalized spacial score (nSPS) is 31.0. The lowest BCUT2D eigenvalue weighted by Gasteiger charge is -2.33. The maximum atomic E-state index is 11.7. The fourth-order valence-corrected chi connectivity index (χ4v) is 2.43. The summed E-state index contributed by atoms with van der Waals surface area (Å²) in [7, 11) is 0. The Morgan fingerprint density at radius 1 is 1.44 bits per heavy atom. The first-order valence-electron chi connectivity index (χ1n) is 5.28. The van der Waals surface area contributed by atoms with Crippen molar-refractivity contribution in [1.29, 1.82) is 0 Å². The molecule has 0 bridgehead atoms. The molecule has 0 aliphatic carbocycles. The van der Waals surface area contributed by atoms with Crippen molar-refractivity contribution in [2.24, 2.45) is 11.8 Å². The zero-order valence-corrected chi connectivity index (χ0v) is 9.66. The number of hydrogen-bond acceptors (Lipinski definition) is 3. The molecule has 0 unspecified atom stereocenters. The zero-order valence-electron chi connectivity index (χ0n) is 8.90. The Morgan fingerprint density at radius 2 is 2.06 bits per heavy atom. The lowest BCUT2D eigenvalue weighted by atomic mass is 9.87. The predicted octanol–water partition coefficient (Wildman–Crippen LogP) is -0.265. The van der Waals surface area contributed by atoms with E-state index in [4.69, 9.17) is 11.6 Å². The molecule has 0 spiro atoms. The van der Waals surface area contributed by atoms with E-state index in [1.807, 2.05) is 0 Å². The van der Waals surface area contributed by atoms with Gasteiger partial charge in [-0.2, -0.15) is 0 Å². The van der Waals surface area contributed by atoms with E-state index < -0.39 is 5.38 Å². The first-order valence-corrected chi connectivity index (χ1v) is 5.72. The summed E-state index contributed by atoms with van der Waals surface area (Å²) in [4.78, 5) is 36.0. The van der Waals surface area contributed by atoms with Crippen molar-refractivity contribution < 1.29 is 14.4 Å². The van der Waals surface area contributed by atoms with Crippen LogP contribution in [0, 0.1) is 11.8 Å². The first-order chi connectivity index (χ1) is 7.50. The molecule has 2 saturated heterocycles. The van der Waals surface area contributed by atoms with Gasteiger partial charge in [-0.15, -0.1) is 11.6 Å². The van der Waals surface area contributed by atoms with E-state index in [0.717, 1.165) is 0 Å². The maximum absolute atomic E-state index is 11.7. The van der Waals surface area contributed by atoms with Crippen LogP contribution in [0.15, 0.2) is 0 Å². The van der Waals surface area contributed by atoms with Crippen LogP contribution in [0.1, 0.15) is 13.3 Å². The van der Waals surface area contributed by atoms with Crippen LogP contribution in [0.5, 0.6) is 0 Å². The highest BCUT2D eigenvalue weighted by Gasteiger charge is 2.45. The van der Waals surface area contributed by atoms with E-state index in [1.165, 1.54) is 0 Å². The van der Waals surface area contributed by atoms with Gasteiger partial charge in [-0.05, 0) is 13.3 Å². The number of likely N-dealkylation sites (tertiary alicyclic amines) is 1. The molecule has 3 atom stereocenters. The average molecular weight is 245 g/mol. The maximum Gasteiger partial charge on any atom is 0.240 e. The second kappa shape index (κ2) is 4.05. The molecule has 2 fully saturated rings. The van der Waals surface area contributed by atoms with E-state index in [0.29, 0.717) is 19.5 Å². The number of alkyl halides is 1. The van der Waals surface area contributed by atoms with Gasteiger partial charge in [0.05, 0.1) is 11.8 Å². The van der Waals surface area contributed by atoms with E-state index in [-0.39, 0.29) is 29.6 Å². The predicted molar refractivity (Wildman–Crippen MR) is 56.6 cm³/mol. The van der Waals surface area contributed by atoms with E-state index in [1.54, 1.807) is 11.8 Å². The van der Waals surface area contributed by atoms with Crippen molar-refractivity contribution in [1.82, 2.24) is 10.2 Å². The number of carbonyl (C=O) groups excluding carboxylic acids is 3. The highest BCUT2D eigenvalue weighted by atomic mass is 35.5. The van der Waals surface area contributed by atoms with Gasteiger partial charge in [-0.3, -0.25) is 19.7 Å². The fraction of sp³-hybridized carbons (Fsp3) is 0.700. The third kappa shape index (κ3) is 1.80. The minimum atomic E-state index is -0.586. The summed E-state index contributed by atoms with van der Waals surface area (Å²) in [5.41, 5.74) is 0. The fourth-order valence-electron chi connectivity index (χ4n) is 2.29. The molecule has 1 N–H and O–H groups in total. The molecule has 2 aliphatic heterocycles. The number of carbonyl (C=O) groups is 3. The van der Waals surface area contributed by atoms with Crippen LogP contribution in [-0.2, 0) is 14.4 Å². The molecular formula is C10H13ClN2O3. The molecule has 2 heterocycles. The van der Waals surface area contributed by atoms with Gasteiger partial charge in [0.1, 0.15) is 5.38 Å². The van der Waals surface area contributed by atoms with Crippen LogP contribution >= 0.6 is 11.6 Å². The van der Waals surface area contributed by atoms with Crippen molar-refractivity contribution in [3.05, 3.63) is 0 Å². The van der Waals surface area contributed by atoms with Crippen LogP contribution in [-0.4, -0.2) is 41.1 Å². The lowest BCUT2D eigenvalue weighted by molar-refractivity contribution is -0.135. The van der Waals surface area contributed by atoms with Crippen LogP contribution < -0.4 is 5.32 Å². The van der Waals surface area contributed by atoms with Gasteiger partial charge in [-0.25, -0.2) is 0 Å². The number of piperidine rings is 1. The number of hydrogen-bond donors (Lipinski definition) is 1. The van der Waals surface area contributed by atoms with Crippen LogP contribution in [0.2, 0.25) is 0 Å². The summed E-state index contributed by atoms with van der Waals surface area (Å²) in [6, 6.07) is 0. The molecule has 3 amide bonds. The van der Waals surface area contributed by atoms with E-state index in [9.17, 15) is 14.4 Å². The van der Waals surface area contributed by atoms with Gasteiger partial charge in [0, 0.05) is 13.1 Å². The Morgan fingerprint density at radius 3 is 2.69 bits per heavy atom. The molecule has 0 aromatic carbocycles. The van der Waals surface area contributed by atoms with E-state index in [2.05, 4.69) is 5.32 Å². The molecule has 2 aliphatic rings. The second-order valence-corrected chi connectivity index (χ2v) is 4.91. The molecule has 0 radical (unpaired) electrons. The number of amides is 3. The van der Waals surface area contributed by atoms with Crippen LogP contribution in [0.3, 0.4) is 0 Å². The number of fused-ring (bicyclic) bond motifs is 1. The second-order valence-electron chi connectivity index (χ2n) is 4.26. The molecule has 6 heteroatoms. The quantitative estimate of drug-likeness (QED) is 0.510. The first kappa shape index (κ1) is 11.4. The minimum absolute atomic E-state index is 0.174. The van der Waals surface area contributed by atoms with Crippen molar-refractivity contribution in [2.75, 3.05) is 13.1 Å². The Hall–Kier alpha value is -1.10. The highest BCUT2D eigenvalue weighted by Crippen LogP contribution is 2.28. The molecule has 0 aromatic rings. The van der Waals surface area contributed by atoms with Gasteiger partial charge in [-0.1, -0.05) is 0 Å². The average Bonchev–Trinajstić information content (AvgIpc) is 2.53. The summed E-state index contributed by atoms with van der Waals surface area (Å²) >= 11 is 5.71. The number of nitrogens with zero attached hydrogens (tertiary/aromatic N) is 1. The van der Waals surface area contributed by atoms with Gasteiger partial charge >= 0.3 is 0 Å². The molecule has 0 aromatic heterocycles. The standard InChI is InChI=1S/C10H13ClN2O3/c1-5(11)10(16)13-3-2-6-7(4-13)9(15)12-8(6)14/h5-7H,2-4H2,1H3,(H,12,14,15)/t5-,6+,7+/m0/s1. The van der Waals surface area contributed by atoms with Gasteiger partial charge < -0.3 is 4.90 Å². The van der Waals surface area contributed by atoms with Crippen LogP contribution in [0.25, 0.3) is 0 Å². The summed E-state index contributed by atoms with van der Waals surface area (Å²) in [6.45, 7) is 2.41. The molecule has 0 saturated carbocycles. The van der Waals surface area contributed by atoms with Crippen molar-refractivity contribution in [2.45, 2.75) is 18.7 Å². The van der Waals surface area contributed by atoms with Gasteiger partial charge in [0.2, 0.25) is 17.7 Å². The number of rotatable bonds is 1. The van der Waals surface area contributed by atoms with E-state index >= 15 is 0 Å². The zero-order chi connectivity index (χ0) is 11.9. The molecule has 88 valence electrons. The molecular weight excluding hydrogens is 232 g/mol. The summed E-state index contributed by atoms with van der Waals surface area (Å²) in [6.07, 6.45) is 0.539. The third-order valence-electron chi connectivity index (χ3n) is 3.18. The van der Waals surface area contributed by atoms with Crippen molar-refractivity contribution >= 4 is 29.3 Å². The van der Waals surface area contributed by atoms with Crippen LogP contribution in [0.4, 0.5) is 0 Å². The smallest absolute Gasteiger partial charge is 0.240 e. The summed E-state index contributed by atoms with van der Waals surface area (Å²) in [5, 5.41) is 1.71. The largest absolute Gasteiger partial charge is 0.341 e. The SMILES string of the molecule is C[C@H](Cl)C(=O)N1CC[C@H]2C(=O)NC(=O)[C@@H]2C1. The Kier molecular flexibility index (Phi) is 2.88. The monoisotopic (exact) mass is 244 g/mol. The van der Waals surface area contributed by atoms with Gasteiger partial charge in [0.25, 0.3) is 0 Å². The topological polar surface area (TPSA) is 66.5 Å². The lowest BCUT2D eigenvalue weighted by Crippen LogP contribution is -2.47. The minimum Gasteiger partial charge on any atom is -0.341 e. The number of halogens is 1. The highest BCUT2D eigenvalue weighted by molar-refractivity contribution is 6.30. The molecule has 16 heavy (non-hydrogen) atoms. The Labute approximate surface area is 98.1 Å². The Balaban J connectivity index is 2.08. The summed E-state index contributed by atoms with van der Waals surface area (Å²) in [5.74, 6) is -1.30. The number of nitrogens with one attached hydrogen (secondary N) is 1. The van der Waals surface area contributed by atoms with Gasteiger partial charge in [0.15, 0.2) is 0 Å². The Bertz CT molecular complexity index is 356.